The van der Waals surface area contributed by atoms with Gasteiger partial charge in [-0.25, -0.2) is 4.79 Å². The third-order valence-electron chi connectivity index (χ3n) is 5.88. The number of nitrogens with one attached hydrogen (secondary N) is 1. The van der Waals surface area contributed by atoms with Gasteiger partial charge in [0.05, 0.1) is 12.2 Å². The van der Waals surface area contributed by atoms with Crippen molar-refractivity contribution in [1.82, 2.24) is 10.2 Å². The van der Waals surface area contributed by atoms with E-state index in [4.69, 9.17) is 14.6 Å². The lowest BCUT2D eigenvalue weighted by Crippen LogP contribution is -2.51. The van der Waals surface area contributed by atoms with Crippen LogP contribution in [-0.2, 0) is 19.1 Å². The summed E-state index contributed by atoms with van der Waals surface area (Å²) in [6.07, 6.45) is -0.433. The van der Waals surface area contributed by atoms with Crippen LogP contribution < -0.4 is 5.32 Å². The Kier molecular flexibility index (Phi) is 8.51. The highest BCUT2D eigenvalue weighted by Gasteiger charge is 2.31. The second-order valence-electron chi connectivity index (χ2n) is 9.70. The predicted octanol–water partition coefficient (Wildman–Crippen LogP) is 4.03. The van der Waals surface area contributed by atoms with Crippen molar-refractivity contribution in [2.45, 2.75) is 51.2 Å². The molecule has 0 saturated heterocycles. The molecule has 0 aromatic heterocycles. The molecule has 1 aliphatic rings. The first-order valence-corrected chi connectivity index (χ1v) is 11.8. The standard InChI is InChI=1S/C27H34N2O6/c1-27(2,3)35-17-23(25(32)29(4)15-9-14-24(30)31)28-26(33)34-16-22-20-12-7-5-10-18(20)19-11-6-8-13-21(19)22/h5-8,10-13,22-23H,9,14-17H2,1-4H3,(H,28,33)(H,30,31)/t23-/m0/s1. The van der Waals surface area contributed by atoms with Crippen LogP contribution in [-0.4, -0.2) is 66.4 Å². The van der Waals surface area contributed by atoms with Gasteiger partial charge >= 0.3 is 12.1 Å². The summed E-state index contributed by atoms with van der Waals surface area (Å²) < 4.78 is 11.4. The molecule has 0 spiro atoms. The smallest absolute Gasteiger partial charge is 0.407 e. The molecule has 0 aliphatic heterocycles. The SMILES string of the molecule is CN(CCCC(=O)O)C(=O)[C@H](COC(C)(C)C)NC(=O)OCC1c2ccccc2-c2ccccc21. The van der Waals surface area contributed by atoms with Crippen LogP contribution in [0.5, 0.6) is 0 Å². The number of nitrogens with zero attached hydrogens (tertiary/aromatic N) is 1. The molecular weight excluding hydrogens is 448 g/mol. The Bertz CT molecular complexity index is 1020. The monoisotopic (exact) mass is 482 g/mol. The minimum Gasteiger partial charge on any atom is -0.481 e. The van der Waals surface area contributed by atoms with E-state index in [1.165, 1.54) is 4.90 Å². The second-order valence-corrected chi connectivity index (χ2v) is 9.70. The number of amides is 2. The molecule has 1 aliphatic carbocycles. The van der Waals surface area contributed by atoms with E-state index in [0.717, 1.165) is 22.3 Å². The van der Waals surface area contributed by atoms with Crippen LogP contribution in [0.1, 0.15) is 50.7 Å². The number of aliphatic carboxylic acids is 1. The molecule has 0 heterocycles. The summed E-state index contributed by atoms with van der Waals surface area (Å²) in [5.41, 5.74) is 3.95. The van der Waals surface area contributed by atoms with Crippen molar-refractivity contribution in [2.75, 3.05) is 26.8 Å². The summed E-state index contributed by atoms with van der Waals surface area (Å²) in [6.45, 7) is 5.93. The molecule has 0 bridgehead atoms. The van der Waals surface area contributed by atoms with Crippen molar-refractivity contribution in [3.8, 4) is 11.1 Å². The van der Waals surface area contributed by atoms with Crippen LogP contribution in [0.2, 0.25) is 0 Å². The number of hydrogen-bond donors (Lipinski definition) is 2. The summed E-state index contributed by atoms with van der Waals surface area (Å²) in [5.74, 6) is -1.38. The molecule has 8 nitrogen and oxygen atoms in total. The molecule has 35 heavy (non-hydrogen) atoms. The molecule has 0 radical (unpaired) electrons. The van der Waals surface area contributed by atoms with Gasteiger partial charge in [-0.1, -0.05) is 48.5 Å². The van der Waals surface area contributed by atoms with Gasteiger partial charge in [0.1, 0.15) is 12.6 Å². The van der Waals surface area contributed by atoms with E-state index in [0.29, 0.717) is 6.42 Å². The Labute approximate surface area is 206 Å². The van der Waals surface area contributed by atoms with Crippen molar-refractivity contribution < 1.29 is 29.0 Å². The molecule has 2 N–H and O–H groups in total. The van der Waals surface area contributed by atoms with Crippen LogP contribution in [0, 0.1) is 0 Å². The fourth-order valence-corrected chi connectivity index (χ4v) is 4.13. The minimum atomic E-state index is -0.959. The highest BCUT2D eigenvalue weighted by Crippen LogP contribution is 2.44. The Morgan fingerprint density at radius 3 is 2.14 bits per heavy atom. The number of benzene rings is 2. The van der Waals surface area contributed by atoms with Gasteiger partial charge in [-0.15, -0.1) is 0 Å². The number of hydrogen-bond acceptors (Lipinski definition) is 5. The lowest BCUT2D eigenvalue weighted by atomic mass is 9.98. The van der Waals surface area contributed by atoms with E-state index in [1.807, 2.05) is 57.2 Å². The maximum absolute atomic E-state index is 13.0. The molecule has 0 saturated carbocycles. The molecule has 3 rings (SSSR count). The summed E-state index contributed by atoms with van der Waals surface area (Å²) >= 11 is 0. The van der Waals surface area contributed by atoms with Gasteiger partial charge in [0.25, 0.3) is 0 Å². The molecule has 2 aromatic carbocycles. The van der Waals surface area contributed by atoms with Crippen molar-refractivity contribution in [1.29, 1.82) is 0 Å². The Morgan fingerprint density at radius 2 is 1.60 bits per heavy atom. The largest absolute Gasteiger partial charge is 0.481 e. The molecule has 8 heteroatoms. The predicted molar refractivity (Wildman–Crippen MR) is 132 cm³/mol. The van der Waals surface area contributed by atoms with Crippen LogP contribution in [0.4, 0.5) is 4.79 Å². The number of rotatable bonds is 10. The fourth-order valence-electron chi connectivity index (χ4n) is 4.13. The van der Waals surface area contributed by atoms with E-state index < -0.39 is 23.7 Å². The average Bonchev–Trinajstić information content (AvgIpc) is 3.13. The number of carbonyl (C=O) groups is 3. The van der Waals surface area contributed by atoms with Crippen LogP contribution in [0.25, 0.3) is 11.1 Å². The molecular formula is C27H34N2O6. The van der Waals surface area contributed by atoms with E-state index in [9.17, 15) is 14.4 Å². The van der Waals surface area contributed by atoms with Crippen LogP contribution >= 0.6 is 0 Å². The topological polar surface area (TPSA) is 105 Å². The number of carboxylic acids is 1. The fraction of sp³-hybridized carbons (Fsp3) is 0.444. The van der Waals surface area contributed by atoms with Crippen molar-refractivity contribution in [3.63, 3.8) is 0 Å². The summed E-state index contributed by atoms with van der Waals surface area (Å²) in [7, 11) is 1.58. The third-order valence-corrected chi connectivity index (χ3v) is 5.88. The van der Waals surface area contributed by atoms with E-state index >= 15 is 0 Å². The van der Waals surface area contributed by atoms with E-state index in [1.54, 1.807) is 7.05 Å². The maximum Gasteiger partial charge on any atom is 0.407 e. The Morgan fingerprint density at radius 1 is 1.03 bits per heavy atom. The van der Waals surface area contributed by atoms with Crippen molar-refractivity contribution in [3.05, 3.63) is 59.7 Å². The van der Waals surface area contributed by atoms with Gasteiger partial charge in [-0.2, -0.15) is 0 Å². The number of ether oxygens (including phenoxy) is 2. The van der Waals surface area contributed by atoms with Crippen molar-refractivity contribution >= 4 is 18.0 Å². The van der Waals surface area contributed by atoms with Gasteiger partial charge < -0.3 is 24.8 Å². The molecule has 2 aromatic rings. The number of fused-ring (bicyclic) bond motifs is 3. The van der Waals surface area contributed by atoms with Gasteiger partial charge in [0, 0.05) is 25.9 Å². The Hall–Kier alpha value is -3.39. The highest BCUT2D eigenvalue weighted by molar-refractivity contribution is 5.86. The van der Waals surface area contributed by atoms with Crippen molar-refractivity contribution in [2.24, 2.45) is 0 Å². The normalized spacial score (nSPS) is 13.5. The first kappa shape index (κ1) is 26.2. The van der Waals surface area contributed by atoms with Gasteiger partial charge in [-0.3, -0.25) is 9.59 Å². The van der Waals surface area contributed by atoms with Gasteiger partial charge in [0.15, 0.2) is 0 Å². The molecule has 1 atom stereocenters. The minimum absolute atomic E-state index is 0.0319. The zero-order chi connectivity index (χ0) is 25.6. The summed E-state index contributed by atoms with van der Waals surface area (Å²) in [5, 5.41) is 11.5. The lowest BCUT2D eigenvalue weighted by molar-refractivity contribution is -0.139. The quantitative estimate of drug-likeness (QED) is 0.530. The van der Waals surface area contributed by atoms with Gasteiger partial charge in [-0.05, 0) is 49.4 Å². The zero-order valence-electron chi connectivity index (χ0n) is 20.7. The van der Waals surface area contributed by atoms with E-state index in [2.05, 4.69) is 17.4 Å². The average molecular weight is 483 g/mol. The zero-order valence-corrected chi connectivity index (χ0v) is 20.7. The summed E-state index contributed by atoms with van der Waals surface area (Å²) in [4.78, 5) is 37.9. The Balaban J connectivity index is 1.65. The molecule has 2 amide bonds. The third kappa shape index (κ3) is 7.05. The highest BCUT2D eigenvalue weighted by atomic mass is 16.5. The van der Waals surface area contributed by atoms with Gasteiger partial charge in [0.2, 0.25) is 5.91 Å². The first-order valence-electron chi connectivity index (χ1n) is 11.8. The summed E-state index contributed by atoms with van der Waals surface area (Å²) in [6, 6.07) is 15.2. The molecule has 0 fully saturated rings. The number of carboxylic acid groups (broad SMARTS) is 1. The first-order chi connectivity index (χ1) is 16.6. The second kappa shape index (κ2) is 11.4. The lowest BCUT2D eigenvalue weighted by Gasteiger charge is -2.27. The number of alkyl carbamates (subject to hydrolysis) is 1. The van der Waals surface area contributed by atoms with Crippen LogP contribution in [0.3, 0.4) is 0 Å². The van der Waals surface area contributed by atoms with Crippen LogP contribution in [0.15, 0.2) is 48.5 Å². The van der Waals surface area contributed by atoms with E-state index in [-0.39, 0.29) is 38.0 Å². The molecule has 188 valence electrons. The number of carbonyl (C=O) groups excluding carboxylic acids is 2. The number of likely N-dealkylation sites (N-methyl/N-ethyl adjacent to an activating group) is 1. The molecule has 0 unspecified atom stereocenters. The maximum atomic E-state index is 13.0.